The number of rotatable bonds is 0. The summed E-state index contributed by atoms with van der Waals surface area (Å²) in [6.07, 6.45) is 0. The average molecular weight is 417 g/mol. The van der Waals surface area contributed by atoms with E-state index in [4.69, 9.17) is 0 Å². The van der Waals surface area contributed by atoms with Gasteiger partial charge in [-0.2, -0.15) is 109 Å². The van der Waals surface area contributed by atoms with Crippen molar-refractivity contribution in [3.8, 4) is 0 Å². The summed E-state index contributed by atoms with van der Waals surface area (Å²) < 4.78 is 0. The topological polar surface area (TPSA) is 0 Å². The fraction of sp³-hybridized carbons (Fsp3) is 0. The molecule has 0 bridgehead atoms. The molecule has 0 N–H and O–H groups in total. The molecular weight excluding hydrogens is 402 g/mol. The van der Waals surface area contributed by atoms with Crippen molar-refractivity contribution in [1.29, 1.82) is 0 Å². The Balaban J connectivity index is 0.000000255. The first kappa shape index (κ1) is 18.9. The quantitative estimate of drug-likeness (QED) is 0.263. The van der Waals surface area contributed by atoms with Crippen molar-refractivity contribution in [2.75, 3.05) is 0 Å². The van der Waals surface area contributed by atoms with Crippen LogP contribution in [0.2, 0.25) is 0 Å². The third-order valence-corrected chi connectivity index (χ3v) is 1.82. The van der Waals surface area contributed by atoms with Crippen molar-refractivity contribution in [3.05, 3.63) is 109 Å². The average Bonchev–Trinajstić information content (AvgIpc) is 2.62. The zero-order valence-corrected chi connectivity index (χ0v) is 14.0. The van der Waals surface area contributed by atoms with Gasteiger partial charge in [0, 0.05) is 0 Å². The Kier molecular flexibility index (Phi) is 16.9. The summed E-state index contributed by atoms with van der Waals surface area (Å²) in [7, 11) is 0. The molecule has 2 heteroatoms. The van der Waals surface area contributed by atoms with Gasteiger partial charge in [0.2, 0.25) is 0 Å². The second-order valence-electron chi connectivity index (χ2n) is 3.23. The molecule has 3 aromatic rings. The van der Waals surface area contributed by atoms with Crippen molar-refractivity contribution in [2.24, 2.45) is 0 Å². The molecule has 0 atom stereocenters. The Hall–Kier alpha value is -1.12. The monoisotopic (exact) mass is 416 g/mol. The molecule has 0 aliphatic carbocycles. The number of benzene rings is 3. The first-order valence-electron chi connectivity index (χ1n) is 5.85. The van der Waals surface area contributed by atoms with Crippen molar-refractivity contribution < 1.29 is 12.3 Å². The van der Waals surface area contributed by atoms with Gasteiger partial charge in [-0.3, -0.25) is 0 Å². The Bertz CT molecular complexity index is 302. The predicted octanol–water partition coefficient (Wildman–Crippen LogP) is 5.34. The van der Waals surface area contributed by atoms with E-state index in [2.05, 4.69) is 30.5 Å². The van der Waals surface area contributed by atoms with E-state index in [1.54, 1.807) is 20.5 Å². The van der Waals surface area contributed by atoms with Crippen LogP contribution < -0.4 is 0 Å². The largest absolute Gasteiger partial charge is 0.184 e. The standard InChI is InChI=1S/3C6H5.HI.Ni/c3*1-2-4-6-5-3-1;;/h3*1-5H;1H;/q3*-1;;+1/p-1. The Morgan fingerprint density at radius 3 is 0.650 bits per heavy atom. The maximum atomic E-state index is 3.84. The first-order chi connectivity index (χ1) is 10.0. The SMILES string of the molecule is [Ni][I].[c-]1ccccc1.[c-]1ccccc1.[c-]1ccccc1. The molecule has 0 heterocycles. The van der Waals surface area contributed by atoms with Crippen molar-refractivity contribution >= 4 is 20.5 Å². The molecule has 0 saturated carbocycles. The zero-order valence-electron chi connectivity index (χ0n) is 10.9. The van der Waals surface area contributed by atoms with Crippen LogP contribution in [0.3, 0.4) is 0 Å². The molecule has 3 rings (SSSR count). The van der Waals surface area contributed by atoms with Gasteiger partial charge in [-0.05, 0) is 0 Å². The summed E-state index contributed by atoms with van der Waals surface area (Å²) >= 11 is 5.62. The molecule has 0 amide bonds. The van der Waals surface area contributed by atoms with Crippen LogP contribution in [-0.2, 0) is 12.3 Å². The smallest absolute Gasteiger partial charge is 0.171 e. The summed E-state index contributed by atoms with van der Waals surface area (Å²) in [6.45, 7) is 0. The van der Waals surface area contributed by atoms with E-state index in [1.807, 2.05) is 91.0 Å². The number of halogens is 1. The van der Waals surface area contributed by atoms with Crippen LogP contribution in [0, 0.1) is 18.2 Å². The van der Waals surface area contributed by atoms with Gasteiger partial charge >= 0.3 is 32.8 Å². The molecule has 0 unspecified atom stereocenters. The molecule has 0 saturated heterocycles. The molecular formula is C18H15INi-3. The Morgan fingerprint density at radius 1 is 0.400 bits per heavy atom. The summed E-state index contributed by atoms with van der Waals surface area (Å²) in [5, 5.41) is 0. The van der Waals surface area contributed by atoms with Gasteiger partial charge in [0.1, 0.15) is 0 Å². The van der Waals surface area contributed by atoms with Gasteiger partial charge in [0.15, 0.2) is 0 Å². The van der Waals surface area contributed by atoms with Gasteiger partial charge in [0.25, 0.3) is 0 Å². The van der Waals surface area contributed by atoms with Crippen LogP contribution in [0.5, 0.6) is 0 Å². The molecule has 0 radical (unpaired) electrons. The minimum Gasteiger partial charge on any atom is -0.184 e. The second kappa shape index (κ2) is 17.9. The molecule has 3 aromatic carbocycles. The molecule has 0 aliphatic rings. The molecule has 0 spiro atoms. The van der Waals surface area contributed by atoms with Gasteiger partial charge in [0.05, 0.1) is 0 Å². The van der Waals surface area contributed by atoms with Crippen molar-refractivity contribution in [2.45, 2.75) is 0 Å². The molecule has 0 nitrogen and oxygen atoms in total. The number of hydrogen-bond donors (Lipinski definition) is 0. The van der Waals surface area contributed by atoms with Crippen LogP contribution in [0.1, 0.15) is 0 Å². The summed E-state index contributed by atoms with van der Waals surface area (Å²) in [5.41, 5.74) is 0. The van der Waals surface area contributed by atoms with E-state index in [0.717, 1.165) is 0 Å². The normalized spacial score (nSPS) is 7.55. The fourth-order valence-corrected chi connectivity index (χ4v) is 1.03. The van der Waals surface area contributed by atoms with Crippen LogP contribution in [-0.4, -0.2) is 0 Å². The van der Waals surface area contributed by atoms with E-state index in [1.165, 1.54) is 0 Å². The minimum absolute atomic E-state index is 1.78. The summed E-state index contributed by atoms with van der Waals surface area (Å²) in [4.78, 5) is 0. The van der Waals surface area contributed by atoms with E-state index in [0.29, 0.717) is 0 Å². The van der Waals surface area contributed by atoms with E-state index in [-0.39, 0.29) is 0 Å². The zero-order chi connectivity index (χ0) is 14.7. The minimum atomic E-state index is 1.78. The van der Waals surface area contributed by atoms with Crippen LogP contribution >= 0.6 is 20.5 Å². The Morgan fingerprint density at radius 2 is 0.600 bits per heavy atom. The van der Waals surface area contributed by atoms with Crippen LogP contribution in [0.4, 0.5) is 0 Å². The molecule has 107 valence electrons. The van der Waals surface area contributed by atoms with E-state index in [9.17, 15) is 0 Å². The third-order valence-electron chi connectivity index (χ3n) is 1.82. The van der Waals surface area contributed by atoms with Gasteiger partial charge in [-0.15, -0.1) is 0 Å². The van der Waals surface area contributed by atoms with E-state index < -0.39 is 0 Å². The van der Waals surface area contributed by atoms with Gasteiger partial charge in [-0.25, -0.2) is 0 Å². The van der Waals surface area contributed by atoms with Crippen molar-refractivity contribution in [1.82, 2.24) is 0 Å². The first-order valence-corrected chi connectivity index (χ1v) is 9.04. The second-order valence-corrected chi connectivity index (χ2v) is 3.23. The molecule has 0 aliphatic heterocycles. The van der Waals surface area contributed by atoms with Gasteiger partial charge < -0.3 is 0 Å². The molecule has 20 heavy (non-hydrogen) atoms. The van der Waals surface area contributed by atoms with Crippen LogP contribution in [0.15, 0.2) is 91.0 Å². The van der Waals surface area contributed by atoms with Crippen molar-refractivity contribution in [3.63, 3.8) is 0 Å². The fourth-order valence-electron chi connectivity index (χ4n) is 1.03. The van der Waals surface area contributed by atoms with Crippen LogP contribution in [0.25, 0.3) is 0 Å². The third kappa shape index (κ3) is 14.9. The van der Waals surface area contributed by atoms with Gasteiger partial charge in [-0.1, -0.05) is 0 Å². The predicted molar refractivity (Wildman–Crippen MR) is 89.9 cm³/mol. The van der Waals surface area contributed by atoms with E-state index >= 15 is 0 Å². The maximum Gasteiger partial charge on any atom is -0.171 e. The number of hydrogen-bond acceptors (Lipinski definition) is 0. The Labute approximate surface area is 141 Å². The summed E-state index contributed by atoms with van der Waals surface area (Å²) in [5.74, 6) is 0. The summed E-state index contributed by atoms with van der Waals surface area (Å²) in [6, 6.07) is 37.5. The maximum absolute atomic E-state index is 3.84. The molecule has 0 aromatic heterocycles. The molecule has 0 fully saturated rings.